The molecule has 0 aliphatic carbocycles. The summed E-state index contributed by atoms with van der Waals surface area (Å²) < 4.78 is 35.4. The van der Waals surface area contributed by atoms with Crippen LogP contribution >= 0.6 is 0 Å². The number of halogens is 2. The first kappa shape index (κ1) is 24.0. The van der Waals surface area contributed by atoms with Gasteiger partial charge in [-0.15, -0.1) is 0 Å². The number of carbonyl (C=O) groups is 2. The van der Waals surface area contributed by atoms with Crippen molar-refractivity contribution in [2.24, 2.45) is 5.73 Å². The van der Waals surface area contributed by atoms with Crippen LogP contribution in [0.2, 0.25) is 0 Å². The standard InChI is InChI=1S/C22H26F2N6O3/c1-21(2,3)33-20(32)29-11-9-22(8-10-25,17(24)13-29)30-12-16(18(26)31)19(28-30)27-15-6-4-14(23)5-7-15/h4-7,12,17H,8-9,11,13H2,1-3H3,(H2,26,31)(H,27,28)/t17-,22?/m1/s1. The molecule has 1 saturated heterocycles. The molecule has 9 nitrogen and oxygen atoms in total. The number of primary amides is 1. The number of likely N-dealkylation sites (tertiary alicyclic amines) is 1. The predicted molar refractivity (Wildman–Crippen MR) is 116 cm³/mol. The van der Waals surface area contributed by atoms with E-state index in [0.29, 0.717) is 5.69 Å². The molecule has 11 heteroatoms. The summed E-state index contributed by atoms with van der Waals surface area (Å²) in [5.74, 6) is -1.20. The van der Waals surface area contributed by atoms with Gasteiger partial charge in [0.1, 0.15) is 28.7 Å². The first-order valence-corrected chi connectivity index (χ1v) is 10.4. The summed E-state index contributed by atoms with van der Waals surface area (Å²) in [5.41, 5.74) is 3.76. The molecule has 1 aliphatic rings. The number of carbonyl (C=O) groups excluding carboxylic acids is 2. The number of ether oxygens (including phenoxy) is 1. The van der Waals surface area contributed by atoms with E-state index in [9.17, 15) is 19.2 Å². The van der Waals surface area contributed by atoms with Gasteiger partial charge in [0.2, 0.25) is 0 Å². The molecule has 1 aromatic heterocycles. The van der Waals surface area contributed by atoms with E-state index >= 15 is 4.39 Å². The van der Waals surface area contributed by atoms with Gasteiger partial charge in [-0.3, -0.25) is 9.48 Å². The summed E-state index contributed by atoms with van der Waals surface area (Å²) in [6, 6.07) is 7.33. The topological polar surface area (TPSA) is 126 Å². The molecular weight excluding hydrogens is 434 g/mol. The van der Waals surface area contributed by atoms with Gasteiger partial charge in [-0.25, -0.2) is 13.6 Å². The number of anilines is 2. The summed E-state index contributed by atoms with van der Waals surface area (Å²) in [4.78, 5) is 25.7. The van der Waals surface area contributed by atoms with Crippen molar-refractivity contribution in [1.29, 1.82) is 5.26 Å². The van der Waals surface area contributed by atoms with Crippen molar-refractivity contribution in [3.8, 4) is 6.07 Å². The Morgan fingerprint density at radius 2 is 2.03 bits per heavy atom. The average Bonchev–Trinajstić information content (AvgIpc) is 3.14. The van der Waals surface area contributed by atoms with Gasteiger partial charge in [0.05, 0.1) is 19.0 Å². The van der Waals surface area contributed by atoms with Crippen LogP contribution < -0.4 is 11.1 Å². The Kier molecular flexibility index (Phi) is 6.58. The van der Waals surface area contributed by atoms with E-state index in [1.807, 2.05) is 6.07 Å². The van der Waals surface area contributed by atoms with Gasteiger partial charge in [-0.2, -0.15) is 10.4 Å². The second-order valence-corrected chi connectivity index (χ2v) is 8.91. The molecule has 2 amide bonds. The number of nitriles is 1. The van der Waals surface area contributed by atoms with Crippen LogP contribution in [0, 0.1) is 17.1 Å². The molecule has 1 fully saturated rings. The van der Waals surface area contributed by atoms with Crippen molar-refractivity contribution < 1.29 is 23.1 Å². The van der Waals surface area contributed by atoms with Gasteiger partial charge in [-0.1, -0.05) is 0 Å². The van der Waals surface area contributed by atoms with Gasteiger partial charge in [-0.05, 0) is 51.5 Å². The van der Waals surface area contributed by atoms with Crippen molar-refractivity contribution in [1.82, 2.24) is 14.7 Å². The van der Waals surface area contributed by atoms with Crippen LogP contribution in [0.4, 0.5) is 25.1 Å². The number of alkyl halides is 1. The quantitative estimate of drug-likeness (QED) is 0.704. The Balaban J connectivity index is 1.91. The van der Waals surface area contributed by atoms with E-state index in [2.05, 4.69) is 10.4 Å². The largest absolute Gasteiger partial charge is 0.444 e. The molecule has 2 atom stereocenters. The van der Waals surface area contributed by atoms with Gasteiger partial charge in [0.15, 0.2) is 5.82 Å². The molecule has 1 unspecified atom stereocenters. The molecule has 1 aromatic carbocycles. The van der Waals surface area contributed by atoms with E-state index in [1.165, 1.54) is 40.0 Å². The van der Waals surface area contributed by atoms with Gasteiger partial charge < -0.3 is 20.7 Å². The van der Waals surface area contributed by atoms with Crippen LogP contribution in [0.25, 0.3) is 0 Å². The Hall–Kier alpha value is -3.68. The summed E-state index contributed by atoms with van der Waals surface area (Å²) in [6.45, 7) is 4.97. The number of piperidine rings is 1. The highest BCUT2D eigenvalue weighted by Gasteiger charge is 2.48. The maximum atomic E-state index is 15.6. The third kappa shape index (κ3) is 5.22. The zero-order chi connectivity index (χ0) is 24.4. The molecule has 3 N–H and O–H groups in total. The summed E-state index contributed by atoms with van der Waals surface area (Å²) in [7, 11) is 0. The van der Waals surface area contributed by atoms with Crippen molar-refractivity contribution >= 4 is 23.5 Å². The first-order valence-electron chi connectivity index (χ1n) is 10.4. The third-order valence-corrected chi connectivity index (χ3v) is 5.36. The van der Waals surface area contributed by atoms with E-state index in [1.54, 1.807) is 20.8 Å². The molecule has 33 heavy (non-hydrogen) atoms. The minimum absolute atomic E-state index is 0.0154. The highest BCUT2D eigenvalue weighted by Crippen LogP contribution is 2.37. The number of benzene rings is 1. The van der Waals surface area contributed by atoms with Crippen LogP contribution in [0.1, 0.15) is 44.0 Å². The lowest BCUT2D eigenvalue weighted by molar-refractivity contribution is -0.0179. The normalized spacial score (nSPS) is 20.7. The zero-order valence-electron chi connectivity index (χ0n) is 18.6. The van der Waals surface area contributed by atoms with Crippen molar-refractivity contribution in [3.63, 3.8) is 0 Å². The lowest BCUT2D eigenvalue weighted by Crippen LogP contribution is -2.56. The zero-order valence-corrected chi connectivity index (χ0v) is 18.6. The number of hydrogen-bond donors (Lipinski definition) is 2. The Bertz CT molecular complexity index is 1070. The molecule has 0 bridgehead atoms. The van der Waals surface area contributed by atoms with Crippen LogP contribution in [0.15, 0.2) is 30.5 Å². The SMILES string of the molecule is CC(C)(C)OC(=O)N1CCC(CC#N)(n2cc(C(N)=O)c(Nc3ccc(F)cc3)n2)[C@H](F)C1. The van der Waals surface area contributed by atoms with Gasteiger partial charge in [0, 0.05) is 18.4 Å². The van der Waals surface area contributed by atoms with E-state index < -0.39 is 35.1 Å². The smallest absolute Gasteiger partial charge is 0.410 e. The number of hydrogen-bond acceptors (Lipinski definition) is 6. The third-order valence-electron chi connectivity index (χ3n) is 5.36. The summed E-state index contributed by atoms with van der Waals surface area (Å²) in [6.07, 6.45) is -1.20. The minimum atomic E-state index is -1.67. The molecule has 2 heterocycles. The average molecular weight is 460 g/mol. The van der Waals surface area contributed by atoms with Crippen molar-refractivity contribution in [2.45, 2.75) is 50.9 Å². The van der Waals surface area contributed by atoms with Crippen LogP contribution in [0.3, 0.4) is 0 Å². The highest BCUT2D eigenvalue weighted by molar-refractivity contribution is 5.98. The first-order chi connectivity index (χ1) is 15.4. The minimum Gasteiger partial charge on any atom is -0.444 e. The second-order valence-electron chi connectivity index (χ2n) is 8.91. The molecule has 3 rings (SSSR count). The molecular formula is C22H26F2N6O3. The van der Waals surface area contributed by atoms with Gasteiger partial charge in [0.25, 0.3) is 5.91 Å². The highest BCUT2D eigenvalue weighted by atomic mass is 19.1. The monoisotopic (exact) mass is 460 g/mol. The van der Waals surface area contributed by atoms with Crippen molar-refractivity contribution in [3.05, 3.63) is 41.8 Å². The van der Waals surface area contributed by atoms with E-state index in [4.69, 9.17) is 10.5 Å². The van der Waals surface area contributed by atoms with Crippen LogP contribution in [0.5, 0.6) is 0 Å². The van der Waals surface area contributed by atoms with E-state index in [0.717, 1.165) is 0 Å². The van der Waals surface area contributed by atoms with Crippen molar-refractivity contribution in [2.75, 3.05) is 18.4 Å². The molecule has 2 aromatic rings. The fraction of sp³-hybridized carbons (Fsp3) is 0.455. The maximum absolute atomic E-state index is 15.6. The number of amides is 2. The van der Waals surface area contributed by atoms with Crippen LogP contribution in [-0.4, -0.2) is 51.5 Å². The number of rotatable bonds is 5. The van der Waals surface area contributed by atoms with Crippen LogP contribution in [-0.2, 0) is 10.3 Å². The summed E-state index contributed by atoms with van der Waals surface area (Å²) in [5, 5.41) is 16.6. The second kappa shape index (κ2) is 9.05. The maximum Gasteiger partial charge on any atom is 0.410 e. The number of nitrogens with one attached hydrogen (secondary N) is 1. The number of nitrogens with two attached hydrogens (primary N) is 1. The van der Waals surface area contributed by atoms with E-state index in [-0.39, 0.29) is 37.3 Å². The number of nitrogens with zero attached hydrogens (tertiary/aromatic N) is 4. The molecule has 0 saturated carbocycles. The molecule has 0 radical (unpaired) electrons. The fourth-order valence-electron chi connectivity index (χ4n) is 3.65. The molecule has 0 spiro atoms. The summed E-state index contributed by atoms with van der Waals surface area (Å²) >= 11 is 0. The predicted octanol–water partition coefficient (Wildman–Crippen LogP) is 3.45. The Labute approximate surface area is 190 Å². The lowest BCUT2D eigenvalue weighted by Gasteiger charge is -2.43. The lowest BCUT2D eigenvalue weighted by atomic mass is 9.83. The molecule has 176 valence electrons. The molecule has 1 aliphatic heterocycles. The van der Waals surface area contributed by atoms with Gasteiger partial charge >= 0.3 is 6.09 Å². The fourth-order valence-corrected chi connectivity index (χ4v) is 3.65. The number of aromatic nitrogens is 2. The Morgan fingerprint density at radius 3 is 2.58 bits per heavy atom. The Morgan fingerprint density at radius 1 is 1.36 bits per heavy atom.